The second kappa shape index (κ2) is 9.46. The highest BCUT2D eigenvalue weighted by molar-refractivity contribution is 5.96. The number of hydrogen-bond donors (Lipinski definition) is 0. The maximum Gasteiger partial charge on any atom is 0.243 e. The minimum absolute atomic E-state index is 0.0217. The van der Waals surface area contributed by atoms with E-state index in [1.54, 1.807) is 23.7 Å². The van der Waals surface area contributed by atoms with Crippen molar-refractivity contribution in [2.24, 2.45) is 5.92 Å². The summed E-state index contributed by atoms with van der Waals surface area (Å²) in [5.41, 5.74) is 2.14. The number of carbonyl (C=O) groups is 2. The smallest absolute Gasteiger partial charge is 0.243 e. The van der Waals surface area contributed by atoms with Gasteiger partial charge in [0.05, 0.1) is 5.52 Å². The molecule has 1 aromatic carbocycles. The van der Waals surface area contributed by atoms with Crippen molar-refractivity contribution in [1.82, 2.24) is 24.6 Å². The first-order valence-corrected chi connectivity index (χ1v) is 11.2. The van der Waals surface area contributed by atoms with Gasteiger partial charge in [0.2, 0.25) is 5.91 Å². The van der Waals surface area contributed by atoms with Crippen LogP contribution in [0, 0.1) is 5.92 Å². The summed E-state index contributed by atoms with van der Waals surface area (Å²) in [7, 11) is 3.45. The second-order valence-corrected chi connectivity index (χ2v) is 8.76. The number of hydrogen-bond acceptors (Lipinski definition) is 6. The van der Waals surface area contributed by atoms with Crippen molar-refractivity contribution < 1.29 is 9.59 Å². The number of anilines is 1. The van der Waals surface area contributed by atoms with Crippen LogP contribution in [0.5, 0.6) is 0 Å². The number of benzene rings is 1. The first kappa shape index (κ1) is 21.9. The monoisotopic (exact) mass is 434 g/mol. The number of rotatable bonds is 10. The van der Waals surface area contributed by atoms with E-state index in [-0.39, 0.29) is 24.7 Å². The van der Waals surface area contributed by atoms with Crippen molar-refractivity contribution in [3.8, 4) is 0 Å². The molecule has 1 aliphatic carbocycles. The molecular weight excluding hydrogens is 404 g/mol. The summed E-state index contributed by atoms with van der Waals surface area (Å²) in [5.74, 6) is 1.52. The van der Waals surface area contributed by atoms with E-state index in [4.69, 9.17) is 0 Å². The Morgan fingerprint density at radius 1 is 1.16 bits per heavy atom. The number of amides is 1. The fourth-order valence-electron chi connectivity index (χ4n) is 3.73. The second-order valence-electron chi connectivity index (χ2n) is 8.76. The minimum Gasteiger partial charge on any atom is -0.356 e. The standard InChI is InChI=1S/C24H30N6O2/c1-4-9-29(13-17-5-6-17)23-12-21(25-16-26-23)22(31)11-18-7-8-20-19(10-18)14-30(27-20)15-24(32)28(2)3/h7-8,10,12,14,16-17H,4-6,9,11,13,15H2,1-3H3. The molecule has 2 aromatic heterocycles. The molecule has 8 heteroatoms. The van der Waals surface area contributed by atoms with Crippen LogP contribution in [0.3, 0.4) is 0 Å². The predicted molar refractivity (Wildman–Crippen MR) is 124 cm³/mol. The molecule has 168 valence electrons. The van der Waals surface area contributed by atoms with Gasteiger partial charge in [-0.15, -0.1) is 0 Å². The average Bonchev–Trinajstić information content (AvgIpc) is 3.50. The van der Waals surface area contributed by atoms with E-state index in [0.717, 1.165) is 47.7 Å². The highest BCUT2D eigenvalue weighted by atomic mass is 16.2. The van der Waals surface area contributed by atoms with Gasteiger partial charge in [-0.1, -0.05) is 13.0 Å². The van der Waals surface area contributed by atoms with Gasteiger partial charge in [0, 0.05) is 51.3 Å². The minimum atomic E-state index is -0.0361. The van der Waals surface area contributed by atoms with Gasteiger partial charge in [0.25, 0.3) is 0 Å². The van der Waals surface area contributed by atoms with Crippen molar-refractivity contribution in [3.63, 3.8) is 0 Å². The topological polar surface area (TPSA) is 84.2 Å². The predicted octanol–water partition coefficient (Wildman–Crippen LogP) is 2.97. The van der Waals surface area contributed by atoms with Crippen molar-refractivity contribution in [1.29, 1.82) is 0 Å². The Balaban J connectivity index is 1.47. The number of fused-ring (bicyclic) bond motifs is 1. The molecule has 0 N–H and O–H groups in total. The molecule has 0 saturated heterocycles. The van der Waals surface area contributed by atoms with E-state index >= 15 is 0 Å². The van der Waals surface area contributed by atoms with E-state index in [1.807, 2.05) is 30.5 Å². The van der Waals surface area contributed by atoms with E-state index in [0.29, 0.717) is 5.69 Å². The Morgan fingerprint density at radius 2 is 1.97 bits per heavy atom. The van der Waals surface area contributed by atoms with E-state index in [1.165, 1.54) is 19.2 Å². The molecular formula is C24H30N6O2. The van der Waals surface area contributed by atoms with Gasteiger partial charge in [-0.2, -0.15) is 5.10 Å². The van der Waals surface area contributed by atoms with Crippen LogP contribution >= 0.6 is 0 Å². The summed E-state index contributed by atoms with van der Waals surface area (Å²) < 4.78 is 1.64. The summed E-state index contributed by atoms with van der Waals surface area (Å²) in [6.07, 6.45) is 7.18. The first-order chi connectivity index (χ1) is 15.4. The van der Waals surface area contributed by atoms with Gasteiger partial charge in [-0.05, 0) is 42.9 Å². The number of Topliss-reactive ketones (excluding diaryl/α,β-unsaturated/α-hetero) is 1. The molecule has 0 radical (unpaired) electrons. The number of aromatic nitrogens is 4. The Kier molecular flexibility index (Phi) is 6.48. The van der Waals surface area contributed by atoms with Crippen LogP contribution in [0.1, 0.15) is 42.2 Å². The summed E-state index contributed by atoms with van der Waals surface area (Å²) >= 11 is 0. The molecule has 1 saturated carbocycles. The lowest BCUT2D eigenvalue weighted by Gasteiger charge is -2.23. The Labute approximate surface area is 188 Å². The molecule has 0 spiro atoms. The first-order valence-electron chi connectivity index (χ1n) is 11.2. The highest BCUT2D eigenvalue weighted by Gasteiger charge is 2.25. The van der Waals surface area contributed by atoms with Crippen molar-refractivity contribution in [2.75, 3.05) is 32.1 Å². The SMILES string of the molecule is CCCN(CC1CC1)c1cc(C(=O)Cc2ccc3nn(CC(=O)N(C)C)cc3c2)ncn1. The summed E-state index contributed by atoms with van der Waals surface area (Å²) in [4.78, 5) is 37.4. The number of ketones is 1. The molecule has 1 aliphatic rings. The van der Waals surface area contributed by atoms with Crippen LogP contribution in [-0.2, 0) is 17.8 Å². The molecule has 0 unspecified atom stereocenters. The zero-order valence-electron chi connectivity index (χ0n) is 19.0. The van der Waals surface area contributed by atoms with Gasteiger partial charge in [-0.3, -0.25) is 14.3 Å². The molecule has 8 nitrogen and oxygen atoms in total. The average molecular weight is 435 g/mol. The lowest BCUT2D eigenvalue weighted by atomic mass is 10.1. The third kappa shape index (κ3) is 5.30. The maximum atomic E-state index is 13.0. The molecule has 32 heavy (non-hydrogen) atoms. The molecule has 3 aromatic rings. The van der Waals surface area contributed by atoms with Gasteiger partial charge < -0.3 is 9.80 Å². The van der Waals surface area contributed by atoms with Crippen LogP contribution in [0.4, 0.5) is 5.82 Å². The molecule has 1 amide bonds. The van der Waals surface area contributed by atoms with Crippen molar-refractivity contribution in [2.45, 2.75) is 39.2 Å². The molecule has 0 atom stereocenters. The Morgan fingerprint density at radius 3 is 2.69 bits per heavy atom. The normalized spacial score (nSPS) is 13.3. The molecule has 0 aliphatic heterocycles. The van der Waals surface area contributed by atoms with Crippen LogP contribution in [0.2, 0.25) is 0 Å². The van der Waals surface area contributed by atoms with Crippen molar-refractivity contribution >= 4 is 28.4 Å². The third-order valence-corrected chi connectivity index (χ3v) is 5.71. The number of carbonyl (C=O) groups excluding carboxylic acids is 2. The van der Waals surface area contributed by atoms with E-state index < -0.39 is 0 Å². The van der Waals surface area contributed by atoms with E-state index in [2.05, 4.69) is 26.9 Å². The maximum absolute atomic E-state index is 13.0. The van der Waals surface area contributed by atoms with Gasteiger partial charge in [0.1, 0.15) is 24.4 Å². The molecule has 2 heterocycles. The Bertz CT molecular complexity index is 1120. The molecule has 1 fully saturated rings. The van der Waals surface area contributed by atoms with Crippen molar-refractivity contribution in [3.05, 3.63) is 48.0 Å². The van der Waals surface area contributed by atoms with Crippen LogP contribution in [0.25, 0.3) is 10.9 Å². The molecule has 4 rings (SSSR count). The van der Waals surface area contributed by atoms with Crippen LogP contribution in [-0.4, -0.2) is 63.5 Å². The van der Waals surface area contributed by atoms with Gasteiger partial charge >= 0.3 is 0 Å². The molecule has 0 bridgehead atoms. The fraction of sp³-hybridized carbons (Fsp3) is 0.458. The van der Waals surface area contributed by atoms with Crippen LogP contribution in [0.15, 0.2) is 36.8 Å². The van der Waals surface area contributed by atoms with Gasteiger partial charge in [0.15, 0.2) is 5.78 Å². The summed E-state index contributed by atoms with van der Waals surface area (Å²) in [6.45, 7) is 4.27. The Hall–Kier alpha value is -3.29. The lowest BCUT2D eigenvalue weighted by molar-refractivity contribution is -0.129. The number of nitrogens with zero attached hydrogens (tertiary/aromatic N) is 6. The lowest BCUT2D eigenvalue weighted by Crippen LogP contribution is -2.27. The zero-order valence-corrected chi connectivity index (χ0v) is 19.0. The highest BCUT2D eigenvalue weighted by Crippen LogP contribution is 2.31. The zero-order chi connectivity index (χ0) is 22.7. The van der Waals surface area contributed by atoms with E-state index in [9.17, 15) is 9.59 Å². The number of likely N-dealkylation sites (N-methyl/N-ethyl adjacent to an activating group) is 1. The summed E-state index contributed by atoms with van der Waals surface area (Å²) in [6, 6.07) is 7.57. The van der Waals surface area contributed by atoms with Gasteiger partial charge in [-0.25, -0.2) is 9.97 Å². The quantitative estimate of drug-likeness (QED) is 0.456. The summed E-state index contributed by atoms with van der Waals surface area (Å²) in [5, 5.41) is 5.36. The third-order valence-electron chi connectivity index (χ3n) is 5.71. The van der Waals surface area contributed by atoms with Crippen LogP contribution < -0.4 is 4.90 Å². The fourth-order valence-corrected chi connectivity index (χ4v) is 3.73. The largest absolute Gasteiger partial charge is 0.356 e.